The van der Waals surface area contributed by atoms with E-state index in [1.807, 2.05) is 0 Å². The van der Waals surface area contributed by atoms with Crippen LogP contribution in [0, 0.1) is 11.6 Å². The number of halogens is 2. The number of hydrogen-bond donors (Lipinski definition) is 1. The van der Waals surface area contributed by atoms with E-state index in [1.54, 1.807) is 25.1 Å². The predicted octanol–water partition coefficient (Wildman–Crippen LogP) is 3.61. The summed E-state index contributed by atoms with van der Waals surface area (Å²) in [6, 6.07) is 8.84. The Morgan fingerprint density at radius 1 is 1.14 bits per heavy atom. The Morgan fingerprint density at radius 3 is 2.52 bits per heavy atom. The Bertz CT molecular complexity index is 627. The van der Waals surface area contributed by atoms with Crippen LogP contribution in [0.3, 0.4) is 0 Å². The first-order valence-corrected chi connectivity index (χ1v) is 6.44. The highest BCUT2D eigenvalue weighted by Gasteiger charge is 2.11. The zero-order valence-electron chi connectivity index (χ0n) is 11.8. The van der Waals surface area contributed by atoms with Crippen LogP contribution in [0.15, 0.2) is 36.4 Å². The summed E-state index contributed by atoms with van der Waals surface area (Å²) in [5, 5.41) is 9.37. The molecular weight excluding hydrogens is 278 g/mol. The fraction of sp³-hybridized carbons (Fsp3) is 0.250. The highest BCUT2D eigenvalue weighted by Crippen LogP contribution is 2.25. The van der Waals surface area contributed by atoms with Crippen molar-refractivity contribution in [1.29, 1.82) is 0 Å². The second-order valence-electron chi connectivity index (χ2n) is 4.59. The normalized spacial score (nSPS) is 12.0. The number of rotatable bonds is 5. The van der Waals surface area contributed by atoms with Crippen LogP contribution in [0.1, 0.15) is 24.2 Å². The minimum absolute atomic E-state index is 0.00150. The van der Waals surface area contributed by atoms with Crippen LogP contribution in [0.4, 0.5) is 8.78 Å². The van der Waals surface area contributed by atoms with Gasteiger partial charge in [-0.25, -0.2) is 8.78 Å². The average Bonchev–Trinajstić information content (AvgIpc) is 2.47. The second kappa shape index (κ2) is 6.54. The first-order valence-electron chi connectivity index (χ1n) is 6.44. The standard InChI is InChI=1S/C16H16F2O3/c1-10(19)11-6-7-14(13(17)8-11)21-9-12-4-3-5-15(20-2)16(12)18/h3-8,10,19H,9H2,1-2H3/t10-/m1/s1. The Labute approximate surface area is 121 Å². The number of hydrogen-bond acceptors (Lipinski definition) is 3. The van der Waals surface area contributed by atoms with Gasteiger partial charge in [0.05, 0.1) is 13.2 Å². The molecule has 0 fully saturated rings. The van der Waals surface area contributed by atoms with E-state index in [0.717, 1.165) is 0 Å². The van der Waals surface area contributed by atoms with E-state index in [2.05, 4.69) is 0 Å². The third kappa shape index (κ3) is 3.49. The molecule has 2 rings (SSSR count). The van der Waals surface area contributed by atoms with Gasteiger partial charge in [0.2, 0.25) is 0 Å². The Kier molecular flexibility index (Phi) is 4.75. The molecule has 21 heavy (non-hydrogen) atoms. The number of aliphatic hydroxyl groups excluding tert-OH is 1. The van der Waals surface area contributed by atoms with Crippen molar-refractivity contribution in [2.24, 2.45) is 0 Å². The summed E-state index contributed by atoms with van der Waals surface area (Å²) in [5.74, 6) is -1.01. The Hall–Kier alpha value is -2.14. The molecular formula is C16H16F2O3. The van der Waals surface area contributed by atoms with Crippen molar-refractivity contribution in [3.63, 3.8) is 0 Å². The zero-order valence-corrected chi connectivity index (χ0v) is 11.8. The molecule has 0 aromatic heterocycles. The Morgan fingerprint density at radius 2 is 1.90 bits per heavy atom. The molecule has 0 spiro atoms. The van der Waals surface area contributed by atoms with Crippen molar-refractivity contribution < 1.29 is 23.4 Å². The van der Waals surface area contributed by atoms with E-state index in [0.29, 0.717) is 5.56 Å². The summed E-state index contributed by atoms with van der Waals surface area (Å²) in [6.45, 7) is 1.43. The lowest BCUT2D eigenvalue weighted by Crippen LogP contribution is -2.02. The number of methoxy groups -OCH3 is 1. The van der Waals surface area contributed by atoms with Crippen molar-refractivity contribution in [2.75, 3.05) is 7.11 Å². The average molecular weight is 294 g/mol. The van der Waals surface area contributed by atoms with Crippen LogP contribution in [0.2, 0.25) is 0 Å². The monoisotopic (exact) mass is 294 g/mol. The molecule has 0 radical (unpaired) electrons. The SMILES string of the molecule is COc1cccc(COc2ccc([C@@H](C)O)cc2F)c1F. The fourth-order valence-corrected chi connectivity index (χ4v) is 1.87. The van der Waals surface area contributed by atoms with E-state index in [4.69, 9.17) is 9.47 Å². The highest BCUT2D eigenvalue weighted by atomic mass is 19.1. The van der Waals surface area contributed by atoms with Gasteiger partial charge in [0.25, 0.3) is 0 Å². The van der Waals surface area contributed by atoms with Gasteiger partial charge in [0, 0.05) is 5.56 Å². The quantitative estimate of drug-likeness (QED) is 0.915. The minimum atomic E-state index is -0.760. The summed E-state index contributed by atoms with van der Waals surface area (Å²) in [6.07, 6.45) is -0.760. The van der Waals surface area contributed by atoms with Gasteiger partial charge in [-0.3, -0.25) is 0 Å². The van der Waals surface area contributed by atoms with Gasteiger partial charge >= 0.3 is 0 Å². The molecule has 0 bridgehead atoms. The van der Waals surface area contributed by atoms with E-state index in [-0.39, 0.29) is 23.7 Å². The van der Waals surface area contributed by atoms with Crippen LogP contribution >= 0.6 is 0 Å². The summed E-state index contributed by atoms with van der Waals surface area (Å²) < 4.78 is 37.9. The predicted molar refractivity (Wildman–Crippen MR) is 74.3 cm³/mol. The molecule has 2 aromatic rings. The maximum atomic E-state index is 13.9. The van der Waals surface area contributed by atoms with E-state index < -0.39 is 17.7 Å². The third-order valence-electron chi connectivity index (χ3n) is 3.08. The van der Waals surface area contributed by atoms with Crippen molar-refractivity contribution >= 4 is 0 Å². The largest absolute Gasteiger partial charge is 0.494 e. The molecule has 3 nitrogen and oxygen atoms in total. The molecule has 112 valence electrons. The zero-order chi connectivity index (χ0) is 15.4. The summed E-state index contributed by atoms with van der Waals surface area (Å²) >= 11 is 0. The third-order valence-corrected chi connectivity index (χ3v) is 3.08. The van der Waals surface area contributed by atoms with Gasteiger partial charge in [0.15, 0.2) is 23.1 Å². The van der Waals surface area contributed by atoms with Gasteiger partial charge in [-0.1, -0.05) is 18.2 Å². The molecule has 0 saturated heterocycles. The van der Waals surface area contributed by atoms with Gasteiger partial charge in [-0.2, -0.15) is 0 Å². The van der Waals surface area contributed by atoms with Crippen LogP contribution < -0.4 is 9.47 Å². The number of benzene rings is 2. The Balaban J connectivity index is 2.13. The number of ether oxygens (including phenoxy) is 2. The van der Waals surface area contributed by atoms with E-state index in [1.165, 1.54) is 25.3 Å². The molecule has 5 heteroatoms. The molecule has 1 N–H and O–H groups in total. The second-order valence-corrected chi connectivity index (χ2v) is 4.59. The molecule has 1 atom stereocenters. The maximum absolute atomic E-state index is 13.9. The van der Waals surface area contributed by atoms with Crippen molar-refractivity contribution in [3.8, 4) is 11.5 Å². The van der Waals surface area contributed by atoms with Crippen LogP contribution in [-0.4, -0.2) is 12.2 Å². The first-order chi connectivity index (χ1) is 10.0. The lowest BCUT2D eigenvalue weighted by atomic mass is 10.1. The lowest BCUT2D eigenvalue weighted by Gasteiger charge is -2.11. The first kappa shape index (κ1) is 15.3. The summed E-state index contributed by atoms with van der Waals surface area (Å²) in [4.78, 5) is 0. The van der Waals surface area contributed by atoms with Crippen LogP contribution in [0.5, 0.6) is 11.5 Å². The van der Waals surface area contributed by atoms with Gasteiger partial charge in [0.1, 0.15) is 6.61 Å². The summed E-state index contributed by atoms with van der Waals surface area (Å²) in [7, 11) is 1.37. The lowest BCUT2D eigenvalue weighted by molar-refractivity contribution is 0.198. The minimum Gasteiger partial charge on any atom is -0.494 e. The van der Waals surface area contributed by atoms with Crippen molar-refractivity contribution in [2.45, 2.75) is 19.6 Å². The highest BCUT2D eigenvalue weighted by molar-refractivity contribution is 5.33. The van der Waals surface area contributed by atoms with Gasteiger partial charge < -0.3 is 14.6 Å². The topological polar surface area (TPSA) is 38.7 Å². The fourth-order valence-electron chi connectivity index (χ4n) is 1.87. The molecule has 0 unspecified atom stereocenters. The van der Waals surface area contributed by atoms with Crippen molar-refractivity contribution in [3.05, 3.63) is 59.2 Å². The molecule has 2 aromatic carbocycles. The smallest absolute Gasteiger partial charge is 0.171 e. The summed E-state index contributed by atoms with van der Waals surface area (Å²) in [5.41, 5.74) is 0.723. The molecule has 0 amide bonds. The molecule has 0 saturated carbocycles. The molecule has 0 heterocycles. The molecule has 0 aliphatic rings. The van der Waals surface area contributed by atoms with Crippen molar-refractivity contribution in [1.82, 2.24) is 0 Å². The van der Waals surface area contributed by atoms with E-state index >= 15 is 0 Å². The van der Waals surface area contributed by atoms with Crippen LogP contribution in [0.25, 0.3) is 0 Å². The van der Waals surface area contributed by atoms with Gasteiger partial charge in [-0.15, -0.1) is 0 Å². The van der Waals surface area contributed by atoms with Crippen LogP contribution in [-0.2, 0) is 6.61 Å². The molecule has 0 aliphatic carbocycles. The number of aliphatic hydroxyl groups is 1. The van der Waals surface area contributed by atoms with E-state index in [9.17, 15) is 13.9 Å². The maximum Gasteiger partial charge on any atom is 0.171 e. The molecule has 0 aliphatic heterocycles. The van der Waals surface area contributed by atoms with Gasteiger partial charge in [-0.05, 0) is 30.7 Å².